The van der Waals surface area contributed by atoms with Gasteiger partial charge in [0.2, 0.25) is 0 Å². The Labute approximate surface area is 89.2 Å². The second kappa shape index (κ2) is 5.98. The number of aliphatic hydroxyl groups excluding tert-OH is 1. The number of aryl methyl sites for hydroxylation is 1. The molecule has 0 spiro atoms. The number of hydrogen-bond donors (Lipinski definition) is 2. The predicted molar refractivity (Wildman–Crippen MR) is 60.9 cm³/mol. The van der Waals surface area contributed by atoms with E-state index >= 15 is 0 Å². The Morgan fingerprint density at radius 3 is 2.86 bits per heavy atom. The van der Waals surface area contributed by atoms with Gasteiger partial charge >= 0.3 is 0 Å². The third kappa shape index (κ3) is 3.27. The standard InChI is InChI=1S/C10H18N2OS/c1-3-8(5-6-13)11-10-12-9(4-2)7-14-10/h7-8,13H,3-6H2,1-2H3,(H,11,12). The second-order valence-corrected chi connectivity index (χ2v) is 4.12. The minimum Gasteiger partial charge on any atom is -0.396 e. The van der Waals surface area contributed by atoms with Crippen LogP contribution in [-0.2, 0) is 6.42 Å². The van der Waals surface area contributed by atoms with Crippen LogP contribution >= 0.6 is 11.3 Å². The lowest BCUT2D eigenvalue weighted by Crippen LogP contribution is -2.19. The highest BCUT2D eigenvalue weighted by Gasteiger charge is 2.07. The van der Waals surface area contributed by atoms with Crippen molar-refractivity contribution in [3.05, 3.63) is 11.1 Å². The molecule has 1 aromatic rings. The molecule has 1 atom stereocenters. The Morgan fingerprint density at radius 2 is 2.36 bits per heavy atom. The van der Waals surface area contributed by atoms with Gasteiger partial charge in [0.1, 0.15) is 0 Å². The minimum atomic E-state index is 0.234. The molecule has 0 radical (unpaired) electrons. The van der Waals surface area contributed by atoms with Gasteiger partial charge in [0.25, 0.3) is 0 Å². The van der Waals surface area contributed by atoms with E-state index in [2.05, 4.69) is 29.5 Å². The first kappa shape index (κ1) is 11.5. The van der Waals surface area contributed by atoms with Crippen LogP contribution in [0.25, 0.3) is 0 Å². The molecule has 14 heavy (non-hydrogen) atoms. The Morgan fingerprint density at radius 1 is 1.57 bits per heavy atom. The largest absolute Gasteiger partial charge is 0.396 e. The Hall–Kier alpha value is -0.610. The maximum atomic E-state index is 8.84. The lowest BCUT2D eigenvalue weighted by atomic mass is 10.2. The molecule has 0 amide bonds. The van der Waals surface area contributed by atoms with Gasteiger partial charge in [0.05, 0.1) is 5.69 Å². The third-order valence-corrected chi connectivity index (χ3v) is 3.03. The third-order valence-electron chi connectivity index (χ3n) is 2.21. The molecule has 0 aliphatic rings. The summed E-state index contributed by atoms with van der Waals surface area (Å²) in [6.07, 6.45) is 2.79. The second-order valence-electron chi connectivity index (χ2n) is 3.26. The van der Waals surface area contributed by atoms with E-state index in [4.69, 9.17) is 5.11 Å². The molecule has 0 aliphatic heterocycles. The summed E-state index contributed by atoms with van der Waals surface area (Å²) in [5.74, 6) is 0. The Balaban J connectivity index is 2.48. The van der Waals surface area contributed by atoms with Gasteiger partial charge in [-0.05, 0) is 19.3 Å². The summed E-state index contributed by atoms with van der Waals surface area (Å²) in [4.78, 5) is 4.42. The van der Waals surface area contributed by atoms with Crippen LogP contribution in [0.2, 0.25) is 0 Å². The van der Waals surface area contributed by atoms with Crippen molar-refractivity contribution in [2.75, 3.05) is 11.9 Å². The van der Waals surface area contributed by atoms with Crippen molar-refractivity contribution in [1.82, 2.24) is 4.98 Å². The molecule has 4 heteroatoms. The van der Waals surface area contributed by atoms with Crippen LogP contribution in [0, 0.1) is 0 Å². The molecule has 0 aromatic carbocycles. The molecule has 1 heterocycles. The van der Waals surface area contributed by atoms with Crippen LogP contribution in [0.15, 0.2) is 5.38 Å². The van der Waals surface area contributed by atoms with E-state index in [9.17, 15) is 0 Å². The molecule has 0 saturated heterocycles. The van der Waals surface area contributed by atoms with Crippen molar-refractivity contribution in [1.29, 1.82) is 0 Å². The van der Waals surface area contributed by atoms with Crippen molar-refractivity contribution in [2.24, 2.45) is 0 Å². The topological polar surface area (TPSA) is 45.1 Å². The summed E-state index contributed by atoms with van der Waals surface area (Å²) >= 11 is 1.64. The molecule has 2 N–H and O–H groups in total. The highest BCUT2D eigenvalue weighted by molar-refractivity contribution is 7.13. The summed E-state index contributed by atoms with van der Waals surface area (Å²) in [6, 6.07) is 0.343. The van der Waals surface area contributed by atoms with Gasteiger partial charge in [-0.25, -0.2) is 4.98 Å². The molecule has 1 rings (SSSR count). The van der Waals surface area contributed by atoms with E-state index in [1.54, 1.807) is 11.3 Å². The molecule has 0 aliphatic carbocycles. The summed E-state index contributed by atoms with van der Waals surface area (Å²) in [5.41, 5.74) is 1.14. The van der Waals surface area contributed by atoms with E-state index in [-0.39, 0.29) is 6.61 Å². The smallest absolute Gasteiger partial charge is 0.183 e. The zero-order valence-corrected chi connectivity index (χ0v) is 9.60. The number of anilines is 1. The number of aromatic nitrogens is 1. The maximum absolute atomic E-state index is 8.84. The zero-order valence-electron chi connectivity index (χ0n) is 8.79. The number of rotatable bonds is 6. The molecule has 0 fully saturated rings. The fourth-order valence-corrected chi connectivity index (χ4v) is 2.12. The van der Waals surface area contributed by atoms with Crippen LogP contribution in [0.3, 0.4) is 0 Å². The number of hydrogen-bond acceptors (Lipinski definition) is 4. The maximum Gasteiger partial charge on any atom is 0.183 e. The molecule has 0 bridgehead atoms. The monoisotopic (exact) mass is 214 g/mol. The average Bonchev–Trinajstić information content (AvgIpc) is 2.65. The van der Waals surface area contributed by atoms with Crippen LogP contribution in [-0.4, -0.2) is 22.7 Å². The van der Waals surface area contributed by atoms with Gasteiger partial charge < -0.3 is 10.4 Å². The predicted octanol–water partition coefficient (Wildman–Crippen LogP) is 2.28. The highest BCUT2D eigenvalue weighted by Crippen LogP contribution is 2.18. The van der Waals surface area contributed by atoms with Gasteiger partial charge in [-0.1, -0.05) is 13.8 Å². The van der Waals surface area contributed by atoms with E-state index in [1.165, 1.54) is 0 Å². The first-order chi connectivity index (χ1) is 6.80. The van der Waals surface area contributed by atoms with Gasteiger partial charge in [-0.2, -0.15) is 0 Å². The highest BCUT2D eigenvalue weighted by atomic mass is 32.1. The molecular weight excluding hydrogens is 196 g/mol. The normalized spacial score (nSPS) is 12.8. The van der Waals surface area contributed by atoms with Crippen LogP contribution in [0.4, 0.5) is 5.13 Å². The fraction of sp³-hybridized carbons (Fsp3) is 0.700. The molecule has 1 unspecified atom stereocenters. The van der Waals surface area contributed by atoms with E-state index < -0.39 is 0 Å². The van der Waals surface area contributed by atoms with Crippen molar-refractivity contribution in [2.45, 2.75) is 39.2 Å². The average molecular weight is 214 g/mol. The number of aliphatic hydroxyl groups is 1. The molecule has 3 nitrogen and oxygen atoms in total. The zero-order chi connectivity index (χ0) is 10.4. The quantitative estimate of drug-likeness (QED) is 0.763. The number of thiazole rings is 1. The van der Waals surface area contributed by atoms with Gasteiger partial charge in [-0.15, -0.1) is 11.3 Å². The van der Waals surface area contributed by atoms with Crippen molar-refractivity contribution >= 4 is 16.5 Å². The van der Waals surface area contributed by atoms with Crippen molar-refractivity contribution in [3.8, 4) is 0 Å². The lowest BCUT2D eigenvalue weighted by molar-refractivity contribution is 0.278. The van der Waals surface area contributed by atoms with E-state index in [0.29, 0.717) is 6.04 Å². The first-order valence-electron chi connectivity index (χ1n) is 5.11. The van der Waals surface area contributed by atoms with Crippen molar-refractivity contribution in [3.63, 3.8) is 0 Å². The van der Waals surface area contributed by atoms with Crippen molar-refractivity contribution < 1.29 is 5.11 Å². The molecule has 80 valence electrons. The van der Waals surface area contributed by atoms with Gasteiger partial charge in [0, 0.05) is 18.0 Å². The lowest BCUT2D eigenvalue weighted by Gasteiger charge is -2.14. The summed E-state index contributed by atoms with van der Waals surface area (Å²) in [5, 5.41) is 15.2. The van der Waals surface area contributed by atoms with Crippen LogP contribution in [0.5, 0.6) is 0 Å². The Bertz CT molecular complexity index is 262. The van der Waals surface area contributed by atoms with E-state index in [0.717, 1.165) is 30.1 Å². The van der Waals surface area contributed by atoms with Crippen LogP contribution in [0.1, 0.15) is 32.4 Å². The number of nitrogens with zero attached hydrogens (tertiary/aromatic N) is 1. The van der Waals surface area contributed by atoms with E-state index in [1.807, 2.05) is 0 Å². The molecule has 0 saturated carbocycles. The SMILES string of the molecule is CCc1csc(NC(CC)CCO)n1. The van der Waals surface area contributed by atoms with Gasteiger partial charge in [-0.3, -0.25) is 0 Å². The van der Waals surface area contributed by atoms with Gasteiger partial charge in [0.15, 0.2) is 5.13 Å². The fourth-order valence-electron chi connectivity index (χ4n) is 1.24. The first-order valence-corrected chi connectivity index (χ1v) is 5.99. The minimum absolute atomic E-state index is 0.234. The van der Waals surface area contributed by atoms with Crippen LogP contribution < -0.4 is 5.32 Å². The summed E-state index contributed by atoms with van der Waals surface area (Å²) in [7, 11) is 0. The molecule has 1 aromatic heterocycles. The number of nitrogens with one attached hydrogen (secondary N) is 1. The molecular formula is C10H18N2OS. The Kier molecular flexibility index (Phi) is 4.90. The summed E-state index contributed by atoms with van der Waals surface area (Å²) in [6.45, 7) is 4.45. The summed E-state index contributed by atoms with van der Waals surface area (Å²) < 4.78 is 0.